The van der Waals surface area contributed by atoms with E-state index in [-0.39, 0.29) is 0 Å². The van der Waals surface area contributed by atoms with Gasteiger partial charge in [-0.2, -0.15) is 0 Å². The molecule has 2 rings (SSSR count). The van der Waals surface area contributed by atoms with Crippen LogP contribution in [0.25, 0.3) is 0 Å². The molecule has 2 aromatic rings. The summed E-state index contributed by atoms with van der Waals surface area (Å²) in [5.41, 5.74) is 9.74. The summed E-state index contributed by atoms with van der Waals surface area (Å²) in [7, 11) is 0. The van der Waals surface area contributed by atoms with Crippen LogP contribution in [0.1, 0.15) is 16.7 Å². The first-order valence-corrected chi connectivity index (χ1v) is 6.08. The smallest absolute Gasteiger partial charge is 0.140 e. The van der Waals surface area contributed by atoms with E-state index in [0.29, 0.717) is 10.8 Å². The number of nitrogens with two attached hydrogens (primary N) is 1. The zero-order chi connectivity index (χ0) is 13.1. The zero-order valence-corrected chi connectivity index (χ0v) is 11.2. The first-order chi connectivity index (χ1) is 8.59. The maximum absolute atomic E-state index is 5.76. The second-order valence-corrected chi connectivity index (χ2v) is 4.60. The van der Waals surface area contributed by atoms with Gasteiger partial charge in [0.1, 0.15) is 10.8 Å². The molecule has 0 aliphatic heterocycles. The topological polar surface area (TPSA) is 50.9 Å². The van der Waals surface area contributed by atoms with Crippen LogP contribution in [0.5, 0.6) is 0 Å². The second-order valence-electron chi connectivity index (χ2n) is 4.16. The summed E-state index contributed by atoms with van der Waals surface area (Å²) in [6.07, 6.45) is 1.75. The Balaban J connectivity index is 2.44. The molecule has 0 spiro atoms. The standard InChI is InChI=1S/C14H15N3S/c1-9-5-3-4-6-11(9)17-14-12(13(15)18)10(2)7-8-16-14/h3-8H,1-2H3,(H2,15,18)(H,16,17). The highest BCUT2D eigenvalue weighted by atomic mass is 32.1. The van der Waals surface area contributed by atoms with E-state index < -0.39 is 0 Å². The van der Waals surface area contributed by atoms with Crippen LogP contribution in [-0.4, -0.2) is 9.97 Å². The van der Waals surface area contributed by atoms with Crippen LogP contribution >= 0.6 is 12.2 Å². The number of thiocarbonyl (C=S) groups is 1. The number of pyridine rings is 1. The van der Waals surface area contributed by atoms with E-state index in [1.54, 1.807) is 6.20 Å². The number of rotatable bonds is 3. The minimum absolute atomic E-state index is 0.358. The Labute approximate surface area is 112 Å². The number of hydrogen-bond acceptors (Lipinski definition) is 3. The lowest BCUT2D eigenvalue weighted by atomic mass is 10.1. The third kappa shape index (κ3) is 2.49. The van der Waals surface area contributed by atoms with Crippen LogP contribution in [-0.2, 0) is 0 Å². The lowest BCUT2D eigenvalue weighted by Crippen LogP contribution is -2.15. The van der Waals surface area contributed by atoms with Gasteiger partial charge in [0.05, 0.1) is 5.56 Å². The van der Waals surface area contributed by atoms with Gasteiger partial charge in [-0.1, -0.05) is 30.4 Å². The average molecular weight is 257 g/mol. The third-order valence-electron chi connectivity index (χ3n) is 2.80. The molecule has 1 aromatic heterocycles. The van der Waals surface area contributed by atoms with Crippen LogP contribution < -0.4 is 11.1 Å². The van der Waals surface area contributed by atoms with Crippen LogP contribution in [0.2, 0.25) is 0 Å². The van der Waals surface area contributed by atoms with E-state index in [2.05, 4.69) is 10.3 Å². The van der Waals surface area contributed by atoms with Gasteiger partial charge in [-0.25, -0.2) is 4.98 Å². The van der Waals surface area contributed by atoms with Crippen molar-refractivity contribution in [2.75, 3.05) is 5.32 Å². The molecule has 0 aliphatic carbocycles. The SMILES string of the molecule is Cc1ccccc1Nc1nccc(C)c1C(N)=S. The molecule has 18 heavy (non-hydrogen) atoms. The number of benzene rings is 1. The summed E-state index contributed by atoms with van der Waals surface area (Å²) >= 11 is 5.08. The minimum atomic E-state index is 0.358. The molecule has 0 fully saturated rings. The number of aryl methyl sites for hydroxylation is 2. The second kappa shape index (κ2) is 5.14. The fraction of sp³-hybridized carbons (Fsp3) is 0.143. The van der Waals surface area contributed by atoms with E-state index in [1.165, 1.54) is 0 Å². The van der Waals surface area contributed by atoms with Crippen molar-refractivity contribution in [1.82, 2.24) is 4.98 Å². The zero-order valence-electron chi connectivity index (χ0n) is 10.4. The van der Waals surface area contributed by atoms with Crippen molar-refractivity contribution in [3.05, 3.63) is 53.2 Å². The van der Waals surface area contributed by atoms with E-state index in [1.807, 2.05) is 44.2 Å². The molecule has 3 nitrogen and oxygen atoms in total. The average Bonchev–Trinajstić information content (AvgIpc) is 2.31. The first-order valence-electron chi connectivity index (χ1n) is 5.67. The van der Waals surface area contributed by atoms with Crippen LogP contribution in [0, 0.1) is 13.8 Å². The van der Waals surface area contributed by atoms with Crippen molar-refractivity contribution in [3.8, 4) is 0 Å². The molecule has 0 bridgehead atoms. The number of para-hydroxylation sites is 1. The highest BCUT2D eigenvalue weighted by Crippen LogP contribution is 2.23. The Morgan fingerprint density at radius 3 is 2.56 bits per heavy atom. The molecule has 3 N–H and O–H groups in total. The summed E-state index contributed by atoms with van der Waals surface area (Å²) in [5.74, 6) is 0.705. The molecule has 0 saturated heterocycles. The highest BCUT2D eigenvalue weighted by molar-refractivity contribution is 7.80. The van der Waals surface area contributed by atoms with E-state index >= 15 is 0 Å². The van der Waals surface area contributed by atoms with Gasteiger partial charge in [0, 0.05) is 11.9 Å². The number of nitrogens with one attached hydrogen (secondary N) is 1. The van der Waals surface area contributed by atoms with Gasteiger partial charge in [-0.15, -0.1) is 0 Å². The number of hydrogen-bond donors (Lipinski definition) is 2. The molecule has 0 saturated carbocycles. The predicted molar refractivity (Wildman–Crippen MR) is 79.3 cm³/mol. The van der Waals surface area contributed by atoms with E-state index in [4.69, 9.17) is 18.0 Å². The largest absolute Gasteiger partial charge is 0.389 e. The van der Waals surface area contributed by atoms with Crippen molar-refractivity contribution in [1.29, 1.82) is 0 Å². The van der Waals surface area contributed by atoms with Gasteiger partial charge in [0.25, 0.3) is 0 Å². The summed E-state index contributed by atoms with van der Waals surface area (Å²) in [6, 6.07) is 9.92. The van der Waals surface area contributed by atoms with Gasteiger partial charge < -0.3 is 11.1 Å². The fourth-order valence-corrected chi connectivity index (χ4v) is 2.06. The Morgan fingerprint density at radius 1 is 1.17 bits per heavy atom. The van der Waals surface area contributed by atoms with Gasteiger partial charge in [-0.3, -0.25) is 0 Å². The van der Waals surface area contributed by atoms with Crippen LogP contribution in [0.3, 0.4) is 0 Å². The van der Waals surface area contributed by atoms with E-state index in [9.17, 15) is 0 Å². The molecular formula is C14H15N3S. The van der Waals surface area contributed by atoms with Gasteiger partial charge in [-0.05, 0) is 37.1 Å². The maximum Gasteiger partial charge on any atom is 0.140 e. The Morgan fingerprint density at radius 2 is 1.89 bits per heavy atom. The van der Waals surface area contributed by atoms with Crippen molar-refractivity contribution in [3.63, 3.8) is 0 Å². The lowest BCUT2D eigenvalue weighted by Gasteiger charge is -2.13. The van der Waals surface area contributed by atoms with Crippen molar-refractivity contribution in [2.45, 2.75) is 13.8 Å². The normalized spacial score (nSPS) is 10.1. The summed E-state index contributed by atoms with van der Waals surface area (Å²) in [5, 5.41) is 3.28. The summed E-state index contributed by atoms with van der Waals surface area (Å²) in [4.78, 5) is 4.68. The van der Waals surface area contributed by atoms with Crippen LogP contribution in [0.4, 0.5) is 11.5 Å². The number of anilines is 2. The Kier molecular flexibility index (Phi) is 3.58. The van der Waals surface area contributed by atoms with Crippen molar-refractivity contribution in [2.24, 2.45) is 5.73 Å². The van der Waals surface area contributed by atoms with E-state index in [0.717, 1.165) is 22.4 Å². The number of nitrogens with zero attached hydrogens (tertiary/aromatic N) is 1. The third-order valence-corrected chi connectivity index (χ3v) is 3.01. The Hall–Kier alpha value is -1.94. The molecule has 92 valence electrons. The summed E-state index contributed by atoms with van der Waals surface area (Å²) < 4.78 is 0. The maximum atomic E-state index is 5.76. The lowest BCUT2D eigenvalue weighted by molar-refractivity contribution is 1.25. The molecule has 0 aliphatic rings. The van der Waals surface area contributed by atoms with Crippen molar-refractivity contribution >= 4 is 28.7 Å². The minimum Gasteiger partial charge on any atom is -0.389 e. The number of aromatic nitrogens is 1. The summed E-state index contributed by atoms with van der Waals surface area (Å²) in [6.45, 7) is 4.01. The molecule has 0 atom stereocenters. The molecule has 0 radical (unpaired) electrons. The first kappa shape index (κ1) is 12.5. The monoisotopic (exact) mass is 257 g/mol. The Bertz CT molecular complexity index is 593. The molecule has 1 aromatic carbocycles. The van der Waals surface area contributed by atoms with Crippen molar-refractivity contribution < 1.29 is 0 Å². The molecule has 0 amide bonds. The van der Waals surface area contributed by atoms with Crippen LogP contribution in [0.15, 0.2) is 36.5 Å². The quantitative estimate of drug-likeness (QED) is 0.830. The van der Waals surface area contributed by atoms with Gasteiger partial charge in [0.2, 0.25) is 0 Å². The highest BCUT2D eigenvalue weighted by Gasteiger charge is 2.10. The fourth-order valence-electron chi connectivity index (χ4n) is 1.80. The van der Waals surface area contributed by atoms with Gasteiger partial charge in [0.15, 0.2) is 0 Å². The molecular weight excluding hydrogens is 242 g/mol. The predicted octanol–water partition coefficient (Wildman–Crippen LogP) is 3.08. The molecule has 1 heterocycles. The van der Waals surface area contributed by atoms with Gasteiger partial charge >= 0.3 is 0 Å². The molecule has 0 unspecified atom stereocenters. The molecule has 4 heteroatoms.